The van der Waals surface area contributed by atoms with Crippen molar-refractivity contribution < 1.29 is 9.72 Å². The molecule has 0 atom stereocenters. The first-order chi connectivity index (χ1) is 10.5. The summed E-state index contributed by atoms with van der Waals surface area (Å²) in [4.78, 5) is 31.7. The fraction of sp³-hybridized carbons (Fsp3) is 0.214. The summed E-state index contributed by atoms with van der Waals surface area (Å²) < 4.78 is 0. The maximum Gasteiger partial charge on any atom is 0.269 e. The van der Waals surface area contributed by atoms with Gasteiger partial charge in [0.1, 0.15) is 11.5 Å². The van der Waals surface area contributed by atoms with Crippen LogP contribution in [0.15, 0.2) is 30.6 Å². The van der Waals surface area contributed by atoms with Gasteiger partial charge in [-0.15, -0.1) is 0 Å². The van der Waals surface area contributed by atoms with Crippen molar-refractivity contribution in [2.75, 3.05) is 11.4 Å². The topological polar surface area (TPSA) is 115 Å². The molecule has 8 heteroatoms. The Morgan fingerprint density at radius 1 is 1.32 bits per heavy atom. The van der Waals surface area contributed by atoms with Gasteiger partial charge in [0.25, 0.3) is 11.6 Å². The summed E-state index contributed by atoms with van der Waals surface area (Å²) >= 11 is 0. The van der Waals surface area contributed by atoms with Crippen molar-refractivity contribution in [3.63, 3.8) is 0 Å². The summed E-state index contributed by atoms with van der Waals surface area (Å²) in [6.07, 6.45) is 3.61. The Balaban J connectivity index is 1.90. The number of hydrogen-bond acceptors (Lipinski definition) is 6. The second-order valence-corrected chi connectivity index (χ2v) is 5.01. The van der Waals surface area contributed by atoms with Crippen LogP contribution in [0, 0.1) is 10.1 Å². The summed E-state index contributed by atoms with van der Waals surface area (Å²) in [6.45, 7) is 1.18. The van der Waals surface area contributed by atoms with E-state index in [0.29, 0.717) is 18.9 Å². The van der Waals surface area contributed by atoms with E-state index in [1.165, 1.54) is 12.3 Å². The summed E-state index contributed by atoms with van der Waals surface area (Å²) in [5, 5.41) is 10.9. The first-order valence-electron chi connectivity index (χ1n) is 6.67. The zero-order chi connectivity index (χ0) is 15.7. The summed E-state index contributed by atoms with van der Waals surface area (Å²) in [7, 11) is 0. The zero-order valence-corrected chi connectivity index (χ0v) is 11.6. The molecule has 1 amide bonds. The van der Waals surface area contributed by atoms with Crippen LogP contribution in [0.25, 0.3) is 0 Å². The summed E-state index contributed by atoms with van der Waals surface area (Å²) in [5.74, 6) is -0.101. The largest absolute Gasteiger partial charge is 0.364 e. The molecular weight excluding hydrogens is 286 g/mol. The number of carbonyl (C=O) groups excluding carboxylic acids is 1. The van der Waals surface area contributed by atoms with Crippen LogP contribution in [-0.2, 0) is 13.0 Å². The van der Waals surface area contributed by atoms with Gasteiger partial charge >= 0.3 is 0 Å². The van der Waals surface area contributed by atoms with Crippen LogP contribution >= 0.6 is 0 Å². The predicted octanol–water partition coefficient (Wildman–Crippen LogP) is 1.05. The molecule has 2 N–H and O–H groups in total. The number of nitrogens with zero attached hydrogens (tertiary/aromatic N) is 4. The van der Waals surface area contributed by atoms with Gasteiger partial charge in [-0.2, -0.15) is 0 Å². The number of nitrogens with two attached hydrogens (primary N) is 1. The Hall–Kier alpha value is -3.03. The fourth-order valence-electron chi connectivity index (χ4n) is 2.48. The molecule has 22 heavy (non-hydrogen) atoms. The number of hydrogen-bond donors (Lipinski definition) is 1. The van der Waals surface area contributed by atoms with Crippen molar-refractivity contribution in [1.29, 1.82) is 0 Å². The molecule has 0 spiro atoms. The van der Waals surface area contributed by atoms with Crippen LogP contribution in [-0.4, -0.2) is 27.3 Å². The van der Waals surface area contributed by atoms with Gasteiger partial charge in [-0.25, -0.2) is 4.98 Å². The Bertz CT molecular complexity index is 762. The van der Waals surface area contributed by atoms with Crippen LogP contribution < -0.4 is 10.6 Å². The van der Waals surface area contributed by atoms with Crippen LogP contribution in [0.5, 0.6) is 0 Å². The number of anilines is 1. The average molecular weight is 299 g/mol. The molecule has 0 fully saturated rings. The molecule has 0 saturated carbocycles. The van der Waals surface area contributed by atoms with Gasteiger partial charge in [-0.05, 0) is 17.5 Å². The van der Waals surface area contributed by atoms with Gasteiger partial charge in [0.15, 0.2) is 0 Å². The van der Waals surface area contributed by atoms with E-state index in [1.807, 2.05) is 4.90 Å². The molecule has 2 heterocycles. The number of rotatable bonds is 3. The van der Waals surface area contributed by atoms with E-state index in [1.54, 1.807) is 18.3 Å². The van der Waals surface area contributed by atoms with Crippen molar-refractivity contribution in [1.82, 2.24) is 9.97 Å². The zero-order valence-electron chi connectivity index (χ0n) is 11.6. The number of aromatic nitrogens is 2. The summed E-state index contributed by atoms with van der Waals surface area (Å²) in [5.41, 5.74) is 7.34. The molecule has 1 aliphatic heterocycles. The van der Waals surface area contributed by atoms with Gasteiger partial charge in [-0.3, -0.25) is 19.9 Å². The molecule has 0 saturated heterocycles. The highest BCUT2D eigenvalue weighted by Crippen LogP contribution is 2.26. The van der Waals surface area contributed by atoms with Gasteiger partial charge < -0.3 is 10.6 Å². The first kappa shape index (κ1) is 13.9. The maximum absolute atomic E-state index is 11.2. The number of primary amides is 1. The van der Waals surface area contributed by atoms with Crippen molar-refractivity contribution >= 4 is 17.4 Å². The molecule has 3 rings (SSSR count). The maximum atomic E-state index is 11.2. The molecular formula is C14H13N5O3. The molecule has 1 aliphatic rings. The molecule has 0 bridgehead atoms. The summed E-state index contributed by atoms with van der Waals surface area (Å²) in [6, 6.07) is 4.88. The molecule has 1 aromatic heterocycles. The van der Waals surface area contributed by atoms with E-state index in [0.717, 1.165) is 17.5 Å². The number of amides is 1. The lowest BCUT2D eigenvalue weighted by molar-refractivity contribution is -0.384. The van der Waals surface area contributed by atoms with E-state index < -0.39 is 10.8 Å². The van der Waals surface area contributed by atoms with Gasteiger partial charge in [0.05, 0.1) is 17.3 Å². The molecule has 0 unspecified atom stereocenters. The second kappa shape index (κ2) is 5.40. The van der Waals surface area contributed by atoms with Crippen molar-refractivity contribution in [3.8, 4) is 0 Å². The Kier molecular flexibility index (Phi) is 3.42. The smallest absolute Gasteiger partial charge is 0.269 e. The van der Waals surface area contributed by atoms with Crippen LogP contribution in [0.3, 0.4) is 0 Å². The van der Waals surface area contributed by atoms with E-state index in [2.05, 4.69) is 9.97 Å². The van der Waals surface area contributed by atoms with Crippen LogP contribution in [0.4, 0.5) is 11.5 Å². The number of carbonyl (C=O) groups is 1. The Morgan fingerprint density at radius 3 is 2.86 bits per heavy atom. The van der Waals surface area contributed by atoms with E-state index in [4.69, 9.17) is 5.73 Å². The molecule has 8 nitrogen and oxygen atoms in total. The third-order valence-corrected chi connectivity index (χ3v) is 3.61. The highest BCUT2D eigenvalue weighted by molar-refractivity contribution is 5.90. The minimum atomic E-state index is -0.637. The Morgan fingerprint density at radius 2 is 2.14 bits per heavy atom. The monoisotopic (exact) mass is 299 g/mol. The lowest BCUT2D eigenvalue weighted by atomic mass is 9.99. The van der Waals surface area contributed by atoms with Crippen molar-refractivity contribution in [3.05, 3.63) is 57.5 Å². The number of nitro benzene ring substituents is 1. The van der Waals surface area contributed by atoms with Crippen molar-refractivity contribution in [2.24, 2.45) is 5.73 Å². The van der Waals surface area contributed by atoms with Gasteiger partial charge in [0, 0.05) is 25.2 Å². The van der Waals surface area contributed by atoms with Crippen molar-refractivity contribution in [2.45, 2.75) is 13.0 Å². The molecule has 2 aromatic rings. The van der Waals surface area contributed by atoms with Crippen LogP contribution in [0.1, 0.15) is 21.6 Å². The normalized spacial score (nSPS) is 13.5. The highest BCUT2D eigenvalue weighted by atomic mass is 16.6. The van der Waals surface area contributed by atoms with Gasteiger partial charge in [-0.1, -0.05) is 6.07 Å². The number of nitro groups is 1. The number of fused-ring (bicyclic) bond motifs is 1. The molecule has 0 aliphatic carbocycles. The lowest BCUT2D eigenvalue weighted by Crippen LogP contribution is -2.31. The highest BCUT2D eigenvalue weighted by Gasteiger charge is 2.20. The molecule has 1 aromatic carbocycles. The third kappa shape index (κ3) is 2.58. The number of benzene rings is 1. The predicted molar refractivity (Wildman–Crippen MR) is 78.4 cm³/mol. The fourth-order valence-corrected chi connectivity index (χ4v) is 2.48. The number of non-ortho nitro benzene ring substituents is 1. The second-order valence-electron chi connectivity index (χ2n) is 5.01. The molecule has 112 valence electrons. The van der Waals surface area contributed by atoms with E-state index >= 15 is 0 Å². The standard InChI is InChI=1S/C14H13N5O3/c15-14(20)12-6-16-7-13(17-12)18-4-3-9-1-2-11(19(21)22)5-10(9)8-18/h1-2,5-7H,3-4,8H2,(H2,15,20). The minimum Gasteiger partial charge on any atom is -0.364 e. The quantitative estimate of drug-likeness (QED) is 0.669. The molecule has 0 radical (unpaired) electrons. The van der Waals surface area contributed by atoms with Crippen LogP contribution in [0.2, 0.25) is 0 Å². The van der Waals surface area contributed by atoms with Gasteiger partial charge in [0.2, 0.25) is 0 Å². The van der Waals surface area contributed by atoms with E-state index in [-0.39, 0.29) is 11.4 Å². The average Bonchev–Trinajstić information content (AvgIpc) is 2.53. The Labute approximate surface area is 125 Å². The SMILES string of the molecule is NC(=O)c1cncc(N2CCc3ccc([N+](=O)[O-])cc3C2)n1. The lowest BCUT2D eigenvalue weighted by Gasteiger charge is -2.29. The minimum absolute atomic E-state index is 0.0672. The third-order valence-electron chi connectivity index (χ3n) is 3.61. The first-order valence-corrected chi connectivity index (χ1v) is 6.67. The van der Waals surface area contributed by atoms with E-state index in [9.17, 15) is 14.9 Å².